The lowest BCUT2D eigenvalue weighted by atomic mass is 10.1. The van der Waals surface area contributed by atoms with Crippen molar-refractivity contribution in [3.05, 3.63) is 65.5 Å². The van der Waals surface area contributed by atoms with Crippen LogP contribution in [0.25, 0.3) is 5.69 Å². The normalized spacial score (nSPS) is 10.5. The Morgan fingerprint density at radius 1 is 1.09 bits per heavy atom. The Bertz CT molecular complexity index is 809. The molecule has 1 aromatic heterocycles. The Balaban J connectivity index is 1.93. The molecule has 0 fully saturated rings. The number of ether oxygens (including phenoxy) is 1. The van der Waals surface area contributed by atoms with Gasteiger partial charge in [-0.05, 0) is 24.3 Å². The minimum Gasteiger partial charge on any atom is -0.494 e. The average Bonchev–Trinajstić information content (AvgIpc) is 3.04. The van der Waals surface area contributed by atoms with Gasteiger partial charge in [0.15, 0.2) is 0 Å². The highest BCUT2D eigenvalue weighted by molar-refractivity contribution is 6.06. The van der Waals surface area contributed by atoms with E-state index in [9.17, 15) is 4.79 Å². The van der Waals surface area contributed by atoms with Crippen LogP contribution >= 0.6 is 0 Å². The van der Waals surface area contributed by atoms with Gasteiger partial charge in [0.25, 0.3) is 0 Å². The van der Waals surface area contributed by atoms with Crippen molar-refractivity contribution in [2.75, 3.05) is 7.11 Å². The molecule has 0 N–H and O–H groups in total. The fraction of sp³-hybridized carbons (Fsp3) is 0.125. The number of hydrogen-bond donors (Lipinski definition) is 0. The first-order valence-electron chi connectivity index (χ1n) is 6.74. The van der Waals surface area contributed by atoms with Crippen molar-refractivity contribution < 1.29 is 9.53 Å². The van der Waals surface area contributed by atoms with E-state index < -0.39 is 0 Å². The molecule has 0 saturated heterocycles. The summed E-state index contributed by atoms with van der Waals surface area (Å²) in [6.45, 7) is 1.96. The van der Waals surface area contributed by atoms with E-state index in [1.807, 2.05) is 31.2 Å². The molecule has 0 radical (unpaired) electrons. The number of rotatable bonds is 4. The fourth-order valence-electron chi connectivity index (χ4n) is 2.04. The summed E-state index contributed by atoms with van der Waals surface area (Å²) in [6.07, 6.45) is 0. The van der Waals surface area contributed by atoms with Gasteiger partial charge in [-0.3, -0.25) is 4.79 Å². The Morgan fingerprint density at radius 2 is 1.82 bits per heavy atom. The third kappa shape index (κ3) is 2.58. The standard InChI is InChI=1S/C16H14N4O2/c1-11-7-9-12(10-8-11)15(21)16-17-19-20(18-16)13-5-3-4-6-14(13)22-2/h3-10H,1-2H3. The molecular weight excluding hydrogens is 280 g/mol. The van der Waals surface area contributed by atoms with Gasteiger partial charge in [-0.1, -0.05) is 42.0 Å². The third-order valence-electron chi connectivity index (χ3n) is 3.23. The highest BCUT2D eigenvalue weighted by Crippen LogP contribution is 2.20. The molecule has 3 rings (SSSR count). The van der Waals surface area contributed by atoms with Crippen LogP contribution in [0.2, 0.25) is 0 Å². The van der Waals surface area contributed by atoms with Crippen LogP contribution in [0.4, 0.5) is 0 Å². The number of benzene rings is 2. The van der Waals surface area contributed by atoms with Crippen LogP contribution < -0.4 is 4.74 Å². The molecule has 0 unspecified atom stereocenters. The van der Waals surface area contributed by atoms with E-state index in [1.54, 1.807) is 31.4 Å². The first kappa shape index (κ1) is 13.9. The average molecular weight is 294 g/mol. The molecule has 0 aliphatic rings. The monoisotopic (exact) mass is 294 g/mol. The predicted octanol–water partition coefficient (Wildman–Crippen LogP) is 2.21. The van der Waals surface area contributed by atoms with Crippen molar-refractivity contribution in [2.24, 2.45) is 0 Å². The number of hydrogen-bond acceptors (Lipinski definition) is 5. The van der Waals surface area contributed by atoms with Crippen molar-refractivity contribution in [3.8, 4) is 11.4 Å². The number of nitrogens with zero attached hydrogens (tertiary/aromatic N) is 4. The van der Waals surface area contributed by atoms with Crippen molar-refractivity contribution in [1.29, 1.82) is 0 Å². The summed E-state index contributed by atoms with van der Waals surface area (Å²) in [5.74, 6) is 0.394. The number of aromatic nitrogens is 4. The van der Waals surface area contributed by atoms with Gasteiger partial charge in [-0.25, -0.2) is 0 Å². The van der Waals surface area contributed by atoms with E-state index in [2.05, 4.69) is 15.4 Å². The first-order valence-corrected chi connectivity index (χ1v) is 6.74. The van der Waals surface area contributed by atoms with Gasteiger partial charge < -0.3 is 4.74 Å². The molecule has 0 atom stereocenters. The molecule has 1 heterocycles. The molecular formula is C16H14N4O2. The molecule has 2 aromatic carbocycles. The predicted molar refractivity (Wildman–Crippen MR) is 80.3 cm³/mol. The maximum absolute atomic E-state index is 12.3. The first-order chi connectivity index (χ1) is 10.7. The molecule has 110 valence electrons. The van der Waals surface area contributed by atoms with Gasteiger partial charge in [0, 0.05) is 5.56 Å². The lowest BCUT2D eigenvalue weighted by molar-refractivity contribution is 0.102. The number of methoxy groups -OCH3 is 1. The van der Waals surface area contributed by atoms with Crippen molar-refractivity contribution in [1.82, 2.24) is 20.2 Å². The molecule has 0 aliphatic carbocycles. The number of aryl methyl sites for hydroxylation is 1. The number of carbonyl (C=O) groups is 1. The second-order valence-corrected chi connectivity index (χ2v) is 4.77. The second-order valence-electron chi connectivity index (χ2n) is 4.77. The molecule has 0 spiro atoms. The lowest BCUT2D eigenvalue weighted by Crippen LogP contribution is -2.06. The zero-order valence-corrected chi connectivity index (χ0v) is 12.2. The second kappa shape index (κ2) is 5.77. The summed E-state index contributed by atoms with van der Waals surface area (Å²) in [7, 11) is 1.56. The van der Waals surface area contributed by atoms with E-state index in [0.717, 1.165) is 5.56 Å². The van der Waals surface area contributed by atoms with Gasteiger partial charge in [0.1, 0.15) is 11.4 Å². The highest BCUT2D eigenvalue weighted by atomic mass is 16.5. The smallest absolute Gasteiger partial charge is 0.245 e. The van der Waals surface area contributed by atoms with E-state index in [4.69, 9.17) is 4.74 Å². The Morgan fingerprint density at radius 3 is 2.55 bits per heavy atom. The molecule has 6 nitrogen and oxygen atoms in total. The quantitative estimate of drug-likeness (QED) is 0.690. The number of para-hydroxylation sites is 2. The minimum absolute atomic E-state index is 0.0507. The third-order valence-corrected chi connectivity index (χ3v) is 3.23. The van der Waals surface area contributed by atoms with Crippen molar-refractivity contribution in [2.45, 2.75) is 6.92 Å². The Hall–Kier alpha value is -3.02. The zero-order chi connectivity index (χ0) is 15.5. The maximum atomic E-state index is 12.3. The van der Waals surface area contributed by atoms with Crippen LogP contribution in [0.5, 0.6) is 5.75 Å². The number of carbonyl (C=O) groups excluding carboxylic acids is 1. The SMILES string of the molecule is COc1ccccc1-n1nnc(C(=O)c2ccc(C)cc2)n1. The molecule has 0 amide bonds. The number of tetrazole rings is 1. The maximum Gasteiger partial charge on any atom is 0.245 e. The summed E-state index contributed by atoms with van der Waals surface area (Å²) in [5, 5.41) is 11.9. The van der Waals surface area contributed by atoms with E-state index >= 15 is 0 Å². The van der Waals surface area contributed by atoms with Crippen LogP contribution in [0, 0.1) is 6.92 Å². The van der Waals surface area contributed by atoms with Gasteiger partial charge >= 0.3 is 0 Å². The topological polar surface area (TPSA) is 69.9 Å². The van der Waals surface area contributed by atoms with E-state index in [0.29, 0.717) is 17.0 Å². The van der Waals surface area contributed by atoms with Gasteiger partial charge in [0.05, 0.1) is 7.11 Å². The molecule has 0 saturated carbocycles. The zero-order valence-electron chi connectivity index (χ0n) is 12.2. The van der Waals surface area contributed by atoms with E-state index in [-0.39, 0.29) is 11.6 Å². The number of ketones is 1. The molecule has 0 aliphatic heterocycles. The highest BCUT2D eigenvalue weighted by Gasteiger charge is 2.17. The minimum atomic E-state index is -0.263. The summed E-state index contributed by atoms with van der Waals surface area (Å²) in [6, 6.07) is 14.5. The van der Waals surface area contributed by atoms with Crippen LogP contribution in [0.3, 0.4) is 0 Å². The molecule has 6 heteroatoms. The largest absolute Gasteiger partial charge is 0.494 e. The summed E-state index contributed by atoms with van der Waals surface area (Å²) in [5.41, 5.74) is 2.24. The summed E-state index contributed by atoms with van der Waals surface area (Å²) >= 11 is 0. The van der Waals surface area contributed by atoms with Crippen molar-refractivity contribution >= 4 is 5.78 Å². The van der Waals surface area contributed by atoms with Gasteiger partial charge in [-0.2, -0.15) is 0 Å². The molecule has 3 aromatic rings. The lowest BCUT2D eigenvalue weighted by Gasteiger charge is -2.05. The Labute approximate surface area is 127 Å². The molecule has 0 bridgehead atoms. The fourth-order valence-corrected chi connectivity index (χ4v) is 2.04. The van der Waals surface area contributed by atoms with Crippen LogP contribution in [-0.4, -0.2) is 33.1 Å². The van der Waals surface area contributed by atoms with Gasteiger partial charge in [-0.15, -0.1) is 15.0 Å². The summed E-state index contributed by atoms with van der Waals surface area (Å²) < 4.78 is 5.25. The van der Waals surface area contributed by atoms with Crippen LogP contribution in [0.15, 0.2) is 48.5 Å². The summed E-state index contributed by atoms with van der Waals surface area (Å²) in [4.78, 5) is 13.6. The van der Waals surface area contributed by atoms with Crippen LogP contribution in [-0.2, 0) is 0 Å². The van der Waals surface area contributed by atoms with Gasteiger partial charge in [0.2, 0.25) is 11.6 Å². The van der Waals surface area contributed by atoms with Crippen LogP contribution in [0.1, 0.15) is 21.7 Å². The van der Waals surface area contributed by atoms with E-state index in [1.165, 1.54) is 4.80 Å². The molecule has 22 heavy (non-hydrogen) atoms. The Kier molecular flexibility index (Phi) is 3.65. The van der Waals surface area contributed by atoms with Crippen molar-refractivity contribution in [3.63, 3.8) is 0 Å².